The number of ether oxygens (including phenoxy) is 1. The fraction of sp³-hybridized carbons (Fsp3) is 0.310. The first-order valence-corrected chi connectivity index (χ1v) is 12.2. The van der Waals surface area contributed by atoms with Crippen molar-refractivity contribution in [1.29, 1.82) is 0 Å². The average Bonchev–Trinajstić information content (AvgIpc) is 3.33. The van der Waals surface area contributed by atoms with Crippen LogP contribution in [0, 0.1) is 0 Å². The first-order valence-electron chi connectivity index (χ1n) is 12.2. The van der Waals surface area contributed by atoms with Gasteiger partial charge in [-0.2, -0.15) is 0 Å². The van der Waals surface area contributed by atoms with Gasteiger partial charge in [-0.15, -0.1) is 0 Å². The van der Waals surface area contributed by atoms with Crippen molar-refractivity contribution < 1.29 is 19.4 Å². The van der Waals surface area contributed by atoms with E-state index in [2.05, 4.69) is 18.2 Å². The van der Waals surface area contributed by atoms with Crippen molar-refractivity contribution in [2.45, 2.75) is 38.3 Å². The molecule has 6 heteroatoms. The van der Waals surface area contributed by atoms with E-state index >= 15 is 0 Å². The van der Waals surface area contributed by atoms with E-state index in [1.54, 1.807) is 13.2 Å². The van der Waals surface area contributed by atoms with Gasteiger partial charge in [0.15, 0.2) is 0 Å². The molecular formula is C29H30N2O4. The van der Waals surface area contributed by atoms with Crippen LogP contribution in [-0.4, -0.2) is 48.1 Å². The quantitative estimate of drug-likeness (QED) is 0.549. The molecule has 0 saturated carbocycles. The Labute approximate surface area is 205 Å². The van der Waals surface area contributed by atoms with Crippen LogP contribution < -0.4 is 9.64 Å². The molecule has 35 heavy (non-hydrogen) atoms. The molecule has 2 aliphatic rings. The molecule has 1 saturated heterocycles. The third kappa shape index (κ3) is 4.54. The third-order valence-corrected chi connectivity index (χ3v) is 7.16. The summed E-state index contributed by atoms with van der Waals surface area (Å²) in [5.74, 6) is -0.221. The second-order valence-electron chi connectivity index (χ2n) is 9.22. The number of nitrogens with zero attached hydrogens (tertiary/aromatic N) is 2. The number of carbonyl (C=O) groups is 2. The Kier molecular flexibility index (Phi) is 6.55. The molecule has 1 fully saturated rings. The van der Waals surface area contributed by atoms with Gasteiger partial charge in [0.1, 0.15) is 11.8 Å². The number of carbonyl (C=O) groups excluding carboxylic acids is 1. The molecule has 6 nitrogen and oxygen atoms in total. The van der Waals surface area contributed by atoms with Crippen LogP contribution in [0.3, 0.4) is 0 Å². The highest BCUT2D eigenvalue weighted by molar-refractivity contribution is 6.08. The summed E-state index contributed by atoms with van der Waals surface area (Å²) in [6.07, 6.45) is 3.39. The molecule has 0 unspecified atom stereocenters. The summed E-state index contributed by atoms with van der Waals surface area (Å²) in [6.45, 7) is 1.87. The van der Waals surface area contributed by atoms with E-state index in [1.807, 2.05) is 52.3 Å². The lowest BCUT2D eigenvalue weighted by Gasteiger charge is -2.33. The molecular weight excluding hydrogens is 440 g/mol. The SMILES string of the molecule is COc1cc(C(=O)N2CCc3c(-c4ccccc4)cccc32)ccc1CN1CCCC[C@@H]1C(=O)O. The van der Waals surface area contributed by atoms with Crippen molar-refractivity contribution in [2.75, 3.05) is 25.1 Å². The molecule has 1 atom stereocenters. The lowest BCUT2D eigenvalue weighted by molar-refractivity contribution is -0.144. The molecule has 0 aliphatic carbocycles. The minimum atomic E-state index is -0.780. The van der Waals surface area contributed by atoms with Crippen LogP contribution in [0.2, 0.25) is 0 Å². The average molecular weight is 471 g/mol. The molecule has 0 spiro atoms. The molecule has 2 aliphatic heterocycles. The zero-order valence-corrected chi connectivity index (χ0v) is 19.9. The number of hydrogen-bond acceptors (Lipinski definition) is 4. The Hall–Kier alpha value is -3.64. The molecule has 3 aromatic carbocycles. The van der Waals surface area contributed by atoms with Gasteiger partial charge in [0, 0.05) is 29.9 Å². The number of rotatable bonds is 6. The van der Waals surface area contributed by atoms with E-state index in [0.717, 1.165) is 42.6 Å². The molecule has 0 aromatic heterocycles. The summed E-state index contributed by atoms with van der Waals surface area (Å²) in [7, 11) is 1.59. The first kappa shape index (κ1) is 23.1. The van der Waals surface area contributed by atoms with Gasteiger partial charge in [-0.3, -0.25) is 14.5 Å². The topological polar surface area (TPSA) is 70.1 Å². The smallest absolute Gasteiger partial charge is 0.320 e. The van der Waals surface area contributed by atoms with E-state index in [9.17, 15) is 14.7 Å². The normalized spacial score (nSPS) is 17.7. The minimum Gasteiger partial charge on any atom is -0.496 e. The monoisotopic (exact) mass is 470 g/mol. The van der Waals surface area contributed by atoms with Gasteiger partial charge < -0.3 is 14.7 Å². The fourth-order valence-electron chi connectivity index (χ4n) is 5.38. The van der Waals surface area contributed by atoms with Crippen LogP contribution in [0.1, 0.15) is 40.7 Å². The number of methoxy groups -OCH3 is 1. The van der Waals surface area contributed by atoms with Crippen molar-refractivity contribution >= 4 is 17.6 Å². The first-order chi connectivity index (χ1) is 17.1. The number of benzene rings is 3. The fourth-order valence-corrected chi connectivity index (χ4v) is 5.38. The van der Waals surface area contributed by atoms with Crippen molar-refractivity contribution in [3.8, 4) is 16.9 Å². The maximum atomic E-state index is 13.6. The molecule has 180 valence electrons. The minimum absolute atomic E-state index is 0.0554. The van der Waals surface area contributed by atoms with Crippen LogP contribution in [-0.2, 0) is 17.8 Å². The maximum Gasteiger partial charge on any atom is 0.320 e. The summed E-state index contributed by atoms with van der Waals surface area (Å²) in [6, 6.07) is 21.4. The standard InChI is InChI=1S/C29H30N2O4/c1-35-27-18-21(13-14-22(27)19-30-16-6-5-11-26(30)29(33)34)28(32)31-17-15-24-23(10-7-12-25(24)31)20-8-3-2-4-9-20/h2-4,7-10,12-14,18,26H,5-6,11,15-17,19H2,1H3,(H,33,34)/t26-/m1/s1. The Morgan fingerprint density at radius 3 is 2.60 bits per heavy atom. The second kappa shape index (κ2) is 9.92. The summed E-state index contributed by atoms with van der Waals surface area (Å²) in [4.78, 5) is 29.1. The van der Waals surface area contributed by atoms with E-state index < -0.39 is 12.0 Å². The molecule has 5 rings (SSSR count). The zero-order valence-electron chi connectivity index (χ0n) is 19.9. The number of likely N-dealkylation sites (tertiary alicyclic amines) is 1. The molecule has 1 amide bonds. The number of carboxylic acids is 1. The van der Waals surface area contributed by atoms with Gasteiger partial charge in [-0.05, 0) is 60.7 Å². The van der Waals surface area contributed by atoms with Crippen molar-refractivity contribution in [1.82, 2.24) is 4.90 Å². The van der Waals surface area contributed by atoms with Gasteiger partial charge in [0.05, 0.1) is 7.11 Å². The van der Waals surface area contributed by atoms with Gasteiger partial charge in [0.2, 0.25) is 0 Å². The van der Waals surface area contributed by atoms with E-state index in [1.165, 1.54) is 11.1 Å². The van der Waals surface area contributed by atoms with Crippen LogP contribution in [0.5, 0.6) is 5.75 Å². The lowest BCUT2D eigenvalue weighted by Crippen LogP contribution is -2.44. The number of amides is 1. The Bertz CT molecular complexity index is 1240. The molecule has 0 bridgehead atoms. The van der Waals surface area contributed by atoms with Gasteiger partial charge in [0.25, 0.3) is 5.91 Å². The summed E-state index contributed by atoms with van der Waals surface area (Å²) in [5.41, 5.74) is 5.93. The Morgan fingerprint density at radius 1 is 1.00 bits per heavy atom. The van der Waals surface area contributed by atoms with Gasteiger partial charge in [-0.1, -0.05) is 55.0 Å². The summed E-state index contributed by atoms with van der Waals surface area (Å²) in [5, 5.41) is 9.60. The van der Waals surface area contributed by atoms with Crippen LogP contribution >= 0.6 is 0 Å². The van der Waals surface area contributed by atoms with Gasteiger partial charge in [-0.25, -0.2) is 0 Å². The number of fused-ring (bicyclic) bond motifs is 1. The van der Waals surface area contributed by atoms with Crippen molar-refractivity contribution in [3.63, 3.8) is 0 Å². The predicted molar refractivity (Wildman–Crippen MR) is 136 cm³/mol. The number of piperidine rings is 1. The maximum absolute atomic E-state index is 13.6. The molecule has 0 radical (unpaired) electrons. The summed E-state index contributed by atoms with van der Waals surface area (Å²) >= 11 is 0. The highest BCUT2D eigenvalue weighted by Gasteiger charge is 2.30. The number of hydrogen-bond donors (Lipinski definition) is 1. The van der Waals surface area contributed by atoms with Crippen molar-refractivity contribution in [2.24, 2.45) is 0 Å². The van der Waals surface area contributed by atoms with Crippen LogP contribution in [0.25, 0.3) is 11.1 Å². The highest BCUT2D eigenvalue weighted by Crippen LogP contribution is 2.37. The zero-order chi connectivity index (χ0) is 24.4. The molecule has 1 N–H and O–H groups in total. The van der Waals surface area contributed by atoms with Crippen molar-refractivity contribution in [3.05, 3.63) is 83.4 Å². The number of carboxylic acid groups (broad SMARTS) is 1. The number of anilines is 1. The lowest BCUT2D eigenvalue weighted by atomic mass is 9.98. The Morgan fingerprint density at radius 2 is 1.83 bits per heavy atom. The third-order valence-electron chi connectivity index (χ3n) is 7.16. The number of aliphatic carboxylic acids is 1. The van der Waals surface area contributed by atoms with E-state index in [4.69, 9.17) is 4.74 Å². The predicted octanol–water partition coefficient (Wildman–Crippen LogP) is 5.00. The largest absolute Gasteiger partial charge is 0.496 e. The molecule has 2 heterocycles. The van der Waals surface area contributed by atoms with E-state index in [0.29, 0.717) is 30.8 Å². The van der Waals surface area contributed by atoms with Gasteiger partial charge >= 0.3 is 5.97 Å². The highest BCUT2D eigenvalue weighted by atomic mass is 16.5. The Balaban J connectivity index is 1.39. The van der Waals surface area contributed by atoms with E-state index in [-0.39, 0.29) is 5.91 Å². The van der Waals surface area contributed by atoms with Crippen LogP contribution in [0.15, 0.2) is 66.7 Å². The second-order valence-corrected chi connectivity index (χ2v) is 9.22. The summed E-state index contributed by atoms with van der Waals surface area (Å²) < 4.78 is 5.64. The molecule has 3 aromatic rings. The van der Waals surface area contributed by atoms with Crippen LogP contribution in [0.4, 0.5) is 5.69 Å².